The molecule has 0 spiro atoms. The van der Waals surface area contributed by atoms with E-state index in [2.05, 4.69) is 37.8 Å². The summed E-state index contributed by atoms with van der Waals surface area (Å²) in [4.78, 5) is 12.3. The van der Waals surface area contributed by atoms with Gasteiger partial charge < -0.3 is 0 Å². The Morgan fingerprint density at radius 3 is 2.72 bits per heavy atom. The summed E-state index contributed by atoms with van der Waals surface area (Å²) in [6, 6.07) is 8.54. The Kier molecular flexibility index (Phi) is 4.28. The largest absolute Gasteiger partial charge is 0.299 e. The van der Waals surface area contributed by atoms with Gasteiger partial charge in [-0.25, -0.2) is 0 Å². The minimum Gasteiger partial charge on any atom is -0.299 e. The first-order valence-corrected chi connectivity index (χ1v) is 7.59. The van der Waals surface area contributed by atoms with E-state index in [-0.39, 0.29) is 5.41 Å². The predicted molar refractivity (Wildman–Crippen MR) is 79.1 cm³/mol. The standard InChI is InChI=1S/C16H20OS/c1-3-9-16(12-18-10-8-15(16)17)11-14-6-4-13(2)5-7-14/h3-7H,1,8-12H2,2H3/t16-/m1/s1. The van der Waals surface area contributed by atoms with Gasteiger partial charge in [-0.3, -0.25) is 4.79 Å². The lowest BCUT2D eigenvalue weighted by atomic mass is 9.75. The van der Waals surface area contributed by atoms with Crippen molar-refractivity contribution >= 4 is 17.5 Å². The SMILES string of the molecule is C=CC[C@@]1(Cc2ccc(C)cc2)CSCCC1=O. The first kappa shape index (κ1) is 13.4. The van der Waals surface area contributed by atoms with Crippen LogP contribution >= 0.6 is 11.8 Å². The summed E-state index contributed by atoms with van der Waals surface area (Å²) in [7, 11) is 0. The van der Waals surface area contributed by atoms with Gasteiger partial charge in [0, 0.05) is 23.3 Å². The Morgan fingerprint density at radius 1 is 1.39 bits per heavy atom. The fourth-order valence-electron chi connectivity index (χ4n) is 2.55. The van der Waals surface area contributed by atoms with Gasteiger partial charge in [-0.1, -0.05) is 35.9 Å². The number of Topliss-reactive ketones (excluding diaryl/α,β-unsaturated/α-hetero) is 1. The van der Waals surface area contributed by atoms with Crippen LogP contribution in [0.2, 0.25) is 0 Å². The van der Waals surface area contributed by atoms with Crippen LogP contribution in [0.5, 0.6) is 0 Å². The van der Waals surface area contributed by atoms with E-state index in [1.807, 2.05) is 17.8 Å². The first-order valence-electron chi connectivity index (χ1n) is 6.44. The predicted octanol–water partition coefficient (Wildman–Crippen LogP) is 3.81. The minimum absolute atomic E-state index is 0.208. The van der Waals surface area contributed by atoms with Gasteiger partial charge in [0.2, 0.25) is 0 Å². The third-order valence-corrected chi connectivity index (χ3v) is 4.89. The lowest BCUT2D eigenvalue weighted by molar-refractivity contribution is -0.127. The third kappa shape index (κ3) is 2.86. The molecule has 1 aliphatic rings. The Morgan fingerprint density at radius 2 is 2.11 bits per heavy atom. The summed E-state index contributed by atoms with van der Waals surface area (Å²) in [5, 5.41) is 0. The molecule has 0 amide bonds. The molecule has 0 N–H and O–H groups in total. The zero-order valence-corrected chi connectivity index (χ0v) is 11.8. The van der Waals surface area contributed by atoms with Gasteiger partial charge in [0.1, 0.15) is 5.78 Å². The van der Waals surface area contributed by atoms with Crippen LogP contribution in [-0.4, -0.2) is 17.3 Å². The van der Waals surface area contributed by atoms with E-state index in [0.717, 1.165) is 24.3 Å². The quantitative estimate of drug-likeness (QED) is 0.766. The van der Waals surface area contributed by atoms with Crippen LogP contribution in [0.4, 0.5) is 0 Å². The van der Waals surface area contributed by atoms with Crippen molar-refractivity contribution < 1.29 is 4.79 Å². The molecule has 2 heteroatoms. The molecule has 1 saturated heterocycles. The summed E-state index contributed by atoms with van der Waals surface area (Å²) >= 11 is 1.90. The third-order valence-electron chi connectivity index (χ3n) is 3.64. The van der Waals surface area contributed by atoms with Gasteiger partial charge >= 0.3 is 0 Å². The van der Waals surface area contributed by atoms with Gasteiger partial charge in [-0.2, -0.15) is 11.8 Å². The molecular weight excluding hydrogens is 240 g/mol. The summed E-state index contributed by atoms with van der Waals surface area (Å²) in [6.07, 6.45) is 4.26. The van der Waals surface area contributed by atoms with Crippen LogP contribution in [0.1, 0.15) is 24.0 Å². The van der Waals surface area contributed by atoms with Crippen LogP contribution in [0.15, 0.2) is 36.9 Å². The number of thioether (sulfide) groups is 1. The van der Waals surface area contributed by atoms with Crippen molar-refractivity contribution in [2.75, 3.05) is 11.5 Å². The highest BCUT2D eigenvalue weighted by Gasteiger charge is 2.38. The van der Waals surface area contributed by atoms with Crippen molar-refractivity contribution in [3.05, 3.63) is 48.0 Å². The first-order chi connectivity index (χ1) is 8.66. The summed E-state index contributed by atoms with van der Waals surface area (Å²) in [6.45, 7) is 5.92. The molecule has 1 aliphatic heterocycles. The number of allylic oxidation sites excluding steroid dienone is 1. The van der Waals surface area contributed by atoms with E-state index in [9.17, 15) is 4.79 Å². The molecule has 0 aromatic heterocycles. The molecule has 1 nitrogen and oxygen atoms in total. The van der Waals surface area contributed by atoms with Gasteiger partial charge in [-0.15, -0.1) is 6.58 Å². The van der Waals surface area contributed by atoms with Gasteiger partial charge in [-0.05, 0) is 25.3 Å². The average Bonchev–Trinajstić information content (AvgIpc) is 2.36. The summed E-state index contributed by atoms with van der Waals surface area (Å²) in [5.74, 6) is 2.33. The van der Waals surface area contributed by atoms with Crippen molar-refractivity contribution in [3.8, 4) is 0 Å². The highest BCUT2D eigenvalue weighted by molar-refractivity contribution is 7.99. The van der Waals surface area contributed by atoms with Gasteiger partial charge in [0.15, 0.2) is 0 Å². The molecule has 0 radical (unpaired) electrons. The highest BCUT2D eigenvalue weighted by atomic mass is 32.2. The van der Waals surface area contributed by atoms with Crippen LogP contribution in [0.3, 0.4) is 0 Å². The molecule has 18 heavy (non-hydrogen) atoms. The van der Waals surface area contributed by atoms with Crippen LogP contribution in [0, 0.1) is 12.3 Å². The molecule has 1 heterocycles. The van der Waals surface area contributed by atoms with Crippen LogP contribution in [0.25, 0.3) is 0 Å². The monoisotopic (exact) mass is 260 g/mol. The maximum absolute atomic E-state index is 12.3. The molecular formula is C16H20OS. The molecule has 0 aliphatic carbocycles. The second-order valence-electron chi connectivity index (χ2n) is 5.16. The number of ketones is 1. The van der Waals surface area contributed by atoms with Gasteiger partial charge in [0.25, 0.3) is 0 Å². The lowest BCUT2D eigenvalue weighted by Crippen LogP contribution is -2.39. The molecule has 2 rings (SSSR count). The van der Waals surface area contributed by atoms with E-state index in [1.54, 1.807) is 0 Å². The molecule has 1 aromatic carbocycles. The zero-order valence-electron chi connectivity index (χ0n) is 10.9. The number of hydrogen-bond acceptors (Lipinski definition) is 2. The maximum atomic E-state index is 12.3. The Bertz CT molecular complexity index is 435. The summed E-state index contributed by atoms with van der Waals surface area (Å²) < 4.78 is 0. The lowest BCUT2D eigenvalue weighted by Gasteiger charge is -2.34. The molecule has 1 aromatic rings. The topological polar surface area (TPSA) is 17.1 Å². The average molecular weight is 260 g/mol. The van der Waals surface area contributed by atoms with Crippen molar-refractivity contribution in [3.63, 3.8) is 0 Å². The van der Waals surface area contributed by atoms with E-state index in [4.69, 9.17) is 0 Å². The fourth-order valence-corrected chi connectivity index (χ4v) is 3.79. The Balaban J connectivity index is 2.22. The Labute approximate surface area is 114 Å². The van der Waals surface area contributed by atoms with Gasteiger partial charge in [0.05, 0.1) is 0 Å². The number of carbonyl (C=O) groups excluding carboxylic acids is 1. The number of benzene rings is 1. The summed E-state index contributed by atoms with van der Waals surface area (Å²) in [5.41, 5.74) is 2.32. The number of carbonyl (C=O) groups is 1. The molecule has 1 atom stereocenters. The zero-order chi connectivity index (χ0) is 13.0. The molecule has 0 bridgehead atoms. The van der Waals surface area contributed by atoms with Crippen molar-refractivity contribution in [1.82, 2.24) is 0 Å². The molecule has 0 saturated carbocycles. The van der Waals surface area contributed by atoms with E-state index in [1.165, 1.54) is 11.1 Å². The van der Waals surface area contributed by atoms with Crippen molar-refractivity contribution in [1.29, 1.82) is 0 Å². The van der Waals surface area contributed by atoms with E-state index in [0.29, 0.717) is 12.2 Å². The minimum atomic E-state index is -0.208. The maximum Gasteiger partial charge on any atom is 0.141 e. The Hall–Kier alpha value is -1.02. The van der Waals surface area contributed by atoms with E-state index < -0.39 is 0 Å². The highest BCUT2D eigenvalue weighted by Crippen LogP contribution is 2.38. The fraction of sp³-hybridized carbons (Fsp3) is 0.438. The number of rotatable bonds is 4. The van der Waals surface area contributed by atoms with Crippen LogP contribution in [-0.2, 0) is 11.2 Å². The van der Waals surface area contributed by atoms with E-state index >= 15 is 0 Å². The van der Waals surface area contributed by atoms with Crippen molar-refractivity contribution in [2.24, 2.45) is 5.41 Å². The van der Waals surface area contributed by atoms with Crippen LogP contribution < -0.4 is 0 Å². The number of aryl methyl sites for hydroxylation is 1. The molecule has 1 fully saturated rings. The second kappa shape index (κ2) is 5.75. The number of hydrogen-bond donors (Lipinski definition) is 0. The molecule has 96 valence electrons. The van der Waals surface area contributed by atoms with Crippen molar-refractivity contribution in [2.45, 2.75) is 26.2 Å². The molecule has 0 unspecified atom stereocenters. The normalized spacial score (nSPS) is 23.9. The smallest absolute Gasteiger partial charge is 0.141 e. The second-order valence-corrected chi connectivity index (χ2v) is 6.27.